The van der Waals surface area contributed by atoms with E-state index in [4.69, 9.17) is 4.74 Å². The first kappa shape index (κ1) is 25.2. The third kappa shape index (κ3) is 7.50. The zero-order valence-electron chi connectivity index (χ0n) is 17.1. The maximum atomic E-state index is 12.5. The average molecular weight is 440 g/mol. The van der Waals surface area contributed by atoms with Gasteiger partial charge >= 0.3 is 0 Å². The number of aryl methyl sites for hydroxylation is 2. The topological polar surface area (TPSA) is 63.2 Å². The second-order valence-electron chi connectivity index (χ2n) is 7.35. The third-order valence-electron chi connectivity index (χ3n) is 5.07. The molecule has 1 amide bonds. The van der Waals surface area contributed by atoms with Crippen molar-refractivity contribution in [2.75, 3.05) is 19.6 Å². The fourth-order valence-electron chi connectivity index (χ4n) is 3.61. The molecule has 0 spiro atoms. The van der Waals surface area contributed by atoms with E-state index in [1.807, 2.05) is 38.1 Å². The van der Waals surface area contributed by atoms with Crippen molar-refractivity contribution >= 4 is 30.7 Å². The predicted octanol–water partition coefficient (Wildman–Crippen LogP) is 4.24. The number of aromatic nitrogens is 1. The molecule has 2 N–H and O–H groups in total. The Kier molecular flexibility index (Phi) is 11.0. The van der Waals surface area contributed by atoms with E-state index >= 15 is 0 Å². The summed E-state index contributed by atoms with van der Waals surface area (Å²) >= 11 is 0. The van der Waals surface area contributed by atoms with Crippen LogP contribution in [0.3, 0.4) is 0 Å². The van der Waals surface area contributed by atoms with Crippen molar-refractivity contribution < 1.29 is 9.53 Å². The highest BCUT2D eigenvalue weighted by atomic mass is 35.5. The van der Waals surface area contributed by atoms with Crippen molar-refractivity contribution in [1.29, 1.82) is 0 Å². The van der Waals surface area contributed by atoms with Crippen molar-refractivity contribution in [2.45, 2.75) is 39.7 Å². The number of rotatable bonds is 7. The van der Waals surface area contributed by atoms with E-state index in [2.05, 4.69) is 15.6 Å². The monoisotopic (exact) mass is 439 g/mol. The Balaban J connectivity index is 0.00000210. The van der Waals surface area contributed by atoms with E-state index in [0.29, 0.717) is 18.1 Å². The molecule has 0 bridgehead atoms. The lowest BCUT2D eigenvalue weighted by molar-refractivity contribution is 0.0950. The number of pyridine rings is 1. The van der Waals surface area contributed by atoms with E-state index in [-0.39, 0.29) is 30.7 Å². The van der Waals surface area contributed by atoms with Gasteiger partial charge in [0, 0.05) is 30.1 Å². The molecule has 1 unspecified atom stereocenters. The van der Waals surface area contributed by atoms with Gasteiger partial charge in [0.25, 0.3) is 5.91 Å². The van der Waals surface area contributed by atoms with Crippen molar-refractivity contribution in [2.24, 2.45) is 5.92 Å². The normalized spacial score (nSPS) is 15.6. The quantitative estimate of drug-likeness (QED) is 0.676. The summed E-state index contributed by atoms with van der Waals surface area (Å²) < 4.78 is 5.97. The van der Waals surface area contributed by atoms with Crippen molar-refractivity contribution in [3.05, 3.63) is 58.9 Å². The van der Waals surface area contributed by atoms with Gasteiger partial charge in [-0.05, 0) is 81.4 Å². The van der Waals surface area contributed by atoms with Gasteiger partial charge in [0.05, 0.1) is 0 Å². The van der Waals surface area contributed by atoms with Crippen molar-refractivity contribution in [3.8, 4) is 5.75 Å². The molecule has 7 heteroatoms. The third-order valence-corrected chi connectivity index (χ3v) is 5.07. The van der Waals surface area contributed by atoms with Crippen molar-refractivity contribution in [1.82, 2.24) is 15.6 Å². The summed E-state index contributed by atoms with van der Waals surface area (Å²) in [5.41, 5.74) is 3.66. The molecule has 0 aliphatic carbocycles. The summed E-state index contributed by atoms with van der Waals surface area (Å²) in [5.74, 6) is 1.50. The number of hydrogen-bond donors (Lipinski definition) is 2. The first-order valence-corrected chi connectivity index (χ1v) is 9.75. The van der Waals surface area contributed by atoms with Crippen LogP contribution in [0.1, 0.15) is 46.3 Å². The lowest BCUT2D eigenvalue weighted by Crippen LogP contribution is -2.33. The summed E-state index contributed by atoms with van der Waals surface area (Å²) in [7, 11) is 0. The van der Waals surface area contributed by atoms with Crippen molar-refractivity contribution in [3.63, 3.8) is 0 Å². The van der Waals surface area contributed by atoms with Crippen LogP contribution < -0.4 is 15.4 Å². The van der Waals surface area contributed by atoms with E-state index in [1.165, 1.54) is 12.8 Å². The molecule has 29 heavy (non-hydrogen) atoms. The van der Waals surface area contributed by atoms with E-state index in [9.17, 15) is 4.79 Å². The Morgan fingerprint density at radius 3 is 2.66 bits per heavy atom. The SMILES string of the molecule is Cc1cc(C(=O)NCCC2CCCNC2)cc(C)c1OCc1cccnc1.Cl.Cl. The molecular formula is C22H31Cl2N3O2. The highest BCUT2D eigenvalue weighted by Crippen LogP contribution is 2.26. The summed E-state index contributed by atoms with van der Waals surface area (Å²) in [6.07, 6.45) is 7.07. The number of halogens is 2. The molecule has 1 saturated heterocycles. The molecule has 3 rings (SSSR count). The summed E-state index contributed by atoms with van der Waals surface area (Å²) in [6.45, 7) is 7.35. The minimum atomic E-state index is -0.0104. The summed E-state index contributed by atoms with van der Waals surface area (Å²) in [5, 5.41) is 6.48. The molecule has 1 aliphatic rings. The highest BCUT2D eigenvalue weighted by molar-refractivity contribution is 5.94. The van der Waals surface area contributed by atoms with Crippen LogP contribution in [-0.2, 0) is 6.61 Å². The minimum Gasteiger partial charge on any atom is -0.488 e. The molecule has 1 aromatic carbocycles. The van der Waals surface area contributed by atoms with E-state index in [0.717, 1.165) is 48.5 Å². The second kappa shape index (κ2) is 12.7. The van der Waals surface area contributed by atoms with E-state index in [1.54, 1.807) is 12.4 Å². The Hall–Kier alpha value is -1.82. The Morgan fingerprint density at radius 1 is 1.28 bits per heavy atom. The fraction of sp³-hybridized carbons (Fsp3) is 0.455. The summed E-state index contributed by atoms with van der Waals surface area (Å²) in [4.78, 5) is 16.6. The van der Waals surface area contributed by atoms with Gasteiger partial charge in [0.2, 0.25) is 0 Å². The number of hydrogen-bond acceptors (Lipinski definition) is 4. The molecule has 5 nitrogen and oxygen atoms in total. The Bertz CT molecular complexity index is 743. The zero-order chi connectivity index (χ0) is 19.1. The van der Waals surface area contributed by atoms with Gasteiger partial charge in [-0.1, -0.05) is 6.07 Å². The van der Waals surface area contributed by atoms with Crippen LogP contribution in [0, 0.1) is 19.8 Å². The van der Waals surface area contributed by atoms with Crippen LogP contribution in [0.4, 0.5) is 0 Å². The van der Waals surface area contributed by atoms with Gasteiger partial charge in [-0.25, -0.2) is 0 Å². The maximum absolute atomic E-state index is 12.5. The number of amides is 1. The number of benzene rings is 1. The molecule has 0 radical (unpaired) electrons. The number of nitrogens with one attached hydrogen (secondary N) is 2. The van der Waals surface area contributed by atoms with Gasteiger partial charge in [-0.3, -0.25) is 9.78 Å². The molecule has 1 fully saturated rings. The molecule has 1 aliphatic heterocycles. The predicted molar refractivity (Wildman–Crippen MR) is 122 cm³/mol. The number of carbonyl (C=O) groups excluding carboxylic acids is 1. The first-order chi connectivity index (χ1) is 13.1. The molecule has 1 aromatic heterocycles. The van der Waals surface area contributed by atoms with Gasteiger partial charge in [-0.15, -0.1) is 24.8 Å². The van der Waals surface area contributed by atoms with Crippen LogP contribution in [0.2, 0.25) is 0 Å². The van der Waals surface area contributed by atoms with Gasteiger partial charge < -0.3 is 15.4 Å². The van der Waals surface area contributed by atoms with Crippen LogP contribution >= 0.6 is 24.8 Å². The van der Waals surface area contributed by atoms with E-state index < -0.39 is 0 Å². The molecule has 1 atom stereocenters. The Labute approximate surface area is 185 Å². The minimum absolute atomic E-state index is 0. The number of carbonyl (C=O) groups is 1. The lowest BCUT2D eigenvalue weighted by atomic mass is 9.96. The number of ether oxygens (including phenoxy) is 1. The lowest BCUT2D eigenvalue weighted by Gasteiger charge is -2.22. The van der Waals surface area contributed by atoms with Crippen LogP contribution in [-0.4, -0.2) is 30.5 Å². The Morgan fingerprint density at radius 2 is 2.03 bits per heavy atom. The van der Waals surface area contributed by atoms with Gasteiger partial charge in [0.1, 0.15) is 12.4 Å². The zero-order valence-corrected chi connectivity index (χ0v) is 18.7. The largest absolute Gasteiger partial charge is 0.488 e. The fourth-order valence-corrected chi connectivity index (χ4v) is 3.61. The van der Waals surface area contributed by atoms with Crippen LogP contribution in [0.5, 0.6) is 5.75 Å². The molecule has 2 aromatic rings. The number of nitrogens with zero attached hydrogens (tertiary/aromatic N) is 1. The first-order valence-electron chi connectivity index (χ1n) is 9.75. The van der Waals surface area contributed by atoms with Gasteiger partial charge in [0.15, 0.2) is 0 Å². The molecule has 2 heterocycles. The molecule has 160 valence electrons. The molecule has 0 saturated carbocycles. The van der Waals surface area contributed by atoms with Gasteiger partial charge in [-0.2, -0.15) is 0 Å². The highest BCUT2D eigenvalue weighted by Gasteiger charge is 2.15. The standard InChI is InChI=1S/C22H29N3O2.2ClH/c1-16-11-20(22(26)25-10-7-18-5-3-8-23-13-18)12-17(2)21(16)27-15-19-6-4-9-24-14-19;;/h4,6,9,11-12,14,18,23H,3,5,7-8,10,13,15H2,1-2H3,(H,25,26);2*1H. The average Bonchev–Trinajstić information content (AvgIpc) is 2.69. The van der Waals surface area contributed by atoms with Crippen LogP contribution in [0.25, 0.3) is 0 Å². The maximum Gasteiger partial charge on any atom is 0.251 e. The smallest absolute Gasteiger partial charge is 0.251 e. The molecular weight excluding hydrogens is 409 g/mol. The second-order valence-corrected chi connectivity index (χ2v) is 7.35. The number of piperidine rings is 1. The van der Waals surface area contributed by atoms with Crippen LogP contribution in [0.15, 0.2) is 36.7 Å². The summed E-state index contributed by atoms with van der Waals surface area (Å²) in [6, 6.07) is 7.70.